The molecule has 4 heteroatoms. The fraction of sp³-hybridized carbons (Fsp3) is 0.269. The summed E-state index contributed by atoms with van der Waals surface area (Å²) in [6.45, 7) is 10.4. The lowest BCUT2D eigenvalue weighted by Gasteiger charge is -2.10. The van der Waals surface area contributed by atoms with Crippen LogP contribution in [-0.4, -0.2) is 5.91 Å². The standard InChI is InChI=1S/C26H32N2O2/c1-6-19(3)20(4)9-16-25(21(5)27)26(29)28-17-22-10-14-24(15-11-22)30-23-12-7-18(2)8-13-23/h7-16H,6,17,27H2,1-5H3,(H,28,29)/b16-9-,20-19?,25-21-. The summed E-state index contributed by atoms with van der Waals surface area (Å²) >= 11 is 0. The van der Waals surface area contributed by atoms with Crippen LogP contribution in [0.5, 0.6) is 11.5 Å². The molecule has 2 aromatic carbocycles. The molecule has 1 amide bonds. The fourth-order valence-corrected chi connectivity index (χ4v) is 2.71. The monoisotopic (exact) mass is 404 g/mol. The average Bonchev–Trinajstić information content (AvgIpc) is 2.74. The highest BCUT2D eigenvalue weighted by Crippen LogP contribution is 2.22. The van der Waals surface area contributed by atoms with Gasteiger partial charge < -0.3 is 15.8 Å². The van der Waals surface area contributed by atoms with Crippen LogP contribution < -0.4 is 15.8 Å². The SMILES string of the molecule is CCC(C)=C(C)/C=C\C(C(=O)NCc1ccc(Oc2ccc(C)cc2)cc1)=C(/C)N. The molecule has 0 spiro atoms. The third kappa shape index (κ3) is 6.96. The molecule has 0 aliphatic carbocycles. The lowest BCUT2D eigenvalue weighted by atomic mass is 10.1. The first-order valence-electron chi connectivity index (χ1n) is 10.2. The number of hydrogen-bond donors (Lipinski definition) is 2. The van der Waals surface area contributed by atoms with Gasteiger partial charge in [-0.25, -0.2) is 0 Å². The van der Waals surface area contributed by atoms with E-state index in [2.05, 4.69) is 19.2 Å². The van der Waals surface area contributed by atoms with E-state index in [9.17, 15) is 4.79 Å². The number of ether oxygens (including phenoxy) is 1. The van der Waals surface area contributed by atoms with E-state index in [4.69, 9.17) is 10.5 Å². The molecule has 0 aromatic heterocycles. The van der Waals surface area contributed by atoms with Crippen LogP contribution in [-0.2, 0) is 11.3 Å². The van der Waals surface area contributed by atoms with E-state index in [-0.39, 0.29) is 5.91 Å². The Morgan fingerprint density at radius 1 is 0.967 bits per heavy atom. The van der Waals surface area contributed by atoms with Crippen molar-refractivity contribution in [2.75, 3.05) is 0 Å². The van der Waals surface area contributed by atoms with Crippen molar-refractivity contribution in [3.05, 3.63) is 94.2 Å². The largest absolute Gasteiger partial charge is 0.457 e. The third-order valence-corrected chi connectivity index (χ3v) is 5.01. The maximum atomic E-state index is 12.6. The van der Waals surface area contributed by atoms with Crippen molar-refractivity contribution in [2.24, 2.45) is 5.73 Å². The molecule has 0 atom stereocenters. The zero-order valence-electron chi connectivity index (χ0n) is 18.6. The van der Waals surface area contributed by atoms with Crippen LogP contribution in [0, 0.1) is 6.92 Å². The zero-order valence-corrected chi connectivity index (χ0v) is 18.6. The number of rotatable bonds is 8. The summed E-state index contributed by atoms with van der Waals surface area (Å²) in [6, 6.07) is 15.6. The average molecular weight is 405 g/mol. The van der Waals surface area contributed by atoms with Crippen LogP contribution in [0.25, 0.3) is 0 Å². The molecule has 2 rings (SSSR count). The van der Waals surface area contributed by atoms with Gasteiger partial charge in [0, 0.05) is 12.2 Å². The van der Waals surface area contributed by atoms with Crippen molar-refractivity contribution in [1.29, 1.82) is 0 Å². The van der Waals surface area contributed by atoms with Crippen LogP contribution >= 0.6 is 0 Å². The summed E-state index contributed by atoms with van der Waals surface area (Å²) in [5.41, 5.74) is 11.5. The lowest BCUT2D eigenvalue weighted by molar-refractivity contribution is -0.117. The molecular formula is C26H32N2O2. The number of aryl methyl sites for hydroxylation is 1. The number of amides is 1. The van der Waals surface area contributed by atoms with E-state index in [1.807, 2.05) is 68.5 Å². The first-order valence-corrected chi connectivity index (χ1v) is 10.2. The van der Waals surface area contributed by atoms with Crippen molar-refractivity contribution in [2.45, 2.75) is 47.6 Å². The normalized spacial score (nSPS) is 13.0. The van der Waals surface area contributed by atoms with Gasteiger partial charge in [-0.3, -0.25) is 4.79 Å². The van der Waals surface area contributed by atoms with Crippen LogP contribution in [0.4, 0.5) is 0 Å². The molecule has 0 radical (unpaired) electrons. The van der Waals surface area contributed by atoms with Gasteiger partial charge in [0.15, 0.2) is 0 Å². The maximum absolute atomic E-state index is 12.6. The summed E-state index contributed by atoms with van der Waals surface area (Å²) < 4.78 is 5.84. The summed E-state index contributed by atoms with van der Waals surface area (Å²) in [6.07, 6.45) is 4.71. The predicted octanol–water partition coefficient (Wildman–Crippen LogP) is 5.94. The fourth-order valence-electron chi connectivity index (χ4n) is 2.71. The summed E-state index contributed by atoms with van der Waals surface area (Å²) in [7, 11) is 0. The lowest BCUT2D eigenvalue weighted by Crippen LogP contribution is -2.25. The Kier molecular flexibility index (Phi) is 8.48. The van der Waals surface area contributed by atoms with Crippen LogP contribution in [0.2, 0.25) is 0 Å². The molecule has 30 heavy (non-hydrogen) atoms. The summed E-state index contributed by atoms with van der Waals surface area (Å²) in [5.74, 6) is 1.36. The number of nitrogens with one attached hydrogen (secondary N) is 1. The van der Waals surface area contributed by atoms with Gasteiger partial charge in [0.25, 0.3) is 5.91 Å². The molecular weight excluding hydrogens is 372 g/mol. The van der Waals surface area contributed by atoms with Crippen molar-refractivity contribution in [3.8, 4) is 11.5 Å². The smallest absolute Gasteiger partial charge is 0.253 e. The highest BCUT2D eigenvalue weighted by molar-refractivity contribution is 5.96. The Morgan fingerprint density at radius 3 is 2.07 bits per heavy atom. The molecule has 0 aliphatic rings. The molecule has 0 fully saturated rings. The van der Waals surface area contributed by atoms with Gasteiger partial charge in [-0.1, -0.05) is 54.0 Å². The van der Waals surface area contributed by atoms with Gasteiger partial charge in [0.2, 0.25) is 0 Å². The Bertz CT molecular complexity index is 946. The molecule has 4 nitrogen and oxygen atoms in total. The molecule has 158 valence electrons. The first kappa shape index (κ1) is 23.0. The van der Waals surface area contributed by atoms with Crippen LogP contribution in [0.3, 0.4) is 0 Å². The first-order chi connectivity index (χ1) is 14.3. The van der Waals surface area contributed by atoms with E-state index in [1.54, 1.807) is 13.0 Å². The van der Waals surface area contributed by atoms with E-state index in [1.165, 1.54) is 11.1 Å². The van der Waals surface area contributed by atoms with E-state index >= 15 is 0 Å². The summed E-state index contributed by atoms with van der Waals surface area (Å²) in [4.78, 5) is 12.6. The second-order valence-electron chi connectivity index (χ2n) is 7.49. The highest BCUT2D eigenvalue weighted by Gasteiger charge is 2.09. The van der Waals surface area contributed by atoms with Gasteiger partial charge in [-0.05, 0) is 70.0 Å². The zero-order chi connectivity index (χ0) is 22.1. The number of hydrogen-bond acceptors (Lipinski definition) is 3. The van der Waals surface area contributed by atoms with E-state index < -0.39 is 0 Å². The molecule has 0 heterocycles. The molecule has 0 unspecified atom stereocenters. The number of carbonyl (C=O) groups is 1. The Balaban J connectivity index is 1.98. The molecule has 0 aliphatic heterocycles. The summed E-state index contributed by atoms with van der Waals surface area (Å²) in [5, 5.41) is 2.94. The minimum Gasteiger partial charge on any atom is -0.457 e. The number of benzene rings is 2. The minimum absolute atomic E-state index is 0.187. The third-order valence-electron chi connectivity index (χ3n) is 5.01. The van der Waals surface area contributed by atoms with E-state index in [0.717, 1.165) is 29.1 Å². The van der Waals surface area contributed by atoms with Crippen LogP contribution in [0.15, 0.2) is 83.1 Å². The van der Waals surface area contributed by atoms with Crippen molar-refractivity contribution in [3.63, 3.8) is 0 Å². The molecule has 0 saturated carbocycles. The minimum atomic E-state index is -0.187. The topological polar surface area (TPSA) is 64.3 Å². The van der Waals surface area contributed by atoms with Gasteiger partial charge >= 0.3 is 0 Å². The van der Waals surface area contributed by atoms with Gasteiger partial charge in [0.05, 0.1) is 5.57 Å². The molecule has 2 aromatic rings. The molecule has 0 saturated heterocycles. The highest BCUT2D eigenvalue weighted by atomic mass is 16.5. The van der Waals surface area contributed by atoms with Gasteiger partial charge in [-0.15, -0.1) is 0 Å². The van der Waals surface area contributed by atoms with E-state index in [0.29, 0.717) is 17.8 Å². The maximum Gasteiger partial charge on any atom is 0.253 e. The Hall–Kier alpha value is -3.27. The number of carbonyl (C=O) groups excluding carboxylic acids is 1. The second kappa shape index (κ2) is 11.1. The predicted molar refractivity (Wildman–Crippen MR) is 124 cm³/mol. The molecule has 3 N–H and O–H groups in total. The van der Waals surface area contributed by atoms with Crippen molar-refractivity contribution in [1.82, 2.24) is 5.32 Å². The second-order valence-corrected chi connectivity index (χ2v) is 7.49. The number of allylic oxidation sites excluding steroid dienone is 4. The van der Waals surface area contributed by atoms with Gasteiger partial charge in [-0.2, -0.15) is 0 Å². The number of nitrogens with two attached hydrogens (primary N) is 1. The Labute approximate surface area is 180 Å². The van der Waals surface area contributed by atoms with Crippen molar-refractivity contribution >= 4 is 5.91 Å². The van der Waals surface area contributed by atoms with Crippen LogP contribution in [0.1, 0.15) is 45.2 Å². The van der Waals surface area contributed by atoms with Crippen molar-refractivity contribution < 1.29 is 9.53 Å². The van der Waals surface area contributed by atoms with Gasteiger partial charge in [0.1, 0.15) is 11.5 Å². The Morgan fingerprint density at radius 2 is 1.53 bits per heavy atom. The molecule has 0 bridgehead atoms. The quantitative estimate of drug-likeness (QED) is 0.423.